The molecule has 3 aromatic heterocycles. The van der Waals surface area contributed by atoms with E-state index < -0.39 is 12.1 Å². The largest absolute Gasteiger partial charge is 0.389 e. The number of nitrogens with one attached hydrogen (secondary N) is 1. The van der Waals surface area contributed by atoms with Gasteiger partial charge < -0.3 is 19.7 Å². The Morgan fingerprint density at radius 2 is 2.10 bits per heavy atom. The van der Waals surface area contributed by atoms with Gasteiger partial charge in [-0.05, 0) is 29.7 Å². The van der Waals surface area contributed by atoms with E-state index in [0.29, 0.717) is 36.0 Å². The maximum Gasteiger partial charge on any atom is 0.272 e. The zero-order valence-electron chi connectivity index (χ0n) is 16.1. The quantitative estimate of drug-likeness (QED) is 0.683. The van der Waals surface area contributed by atoms with Gasteiger partial charge >= 0.3 is 0 Å². The second kappa shape index (κ2) is 7.48. The molecule has 29 heavy (non-hydrogen) atoms. The fourth-order valence-electron chi connectivity index (χ4n) is 3.44. The molecule has 0 unspecified atom stereocenters. The molecule has 9 heteroatoms. The van der Waals surface area contributed by atoms with Gasteiger partial charge in [0.1, 0.15) is 12.4 Å². The number of rotatable bonds is 4. The monoisotopic (exact) mass is 391 g/mol. The van der Waals surface area contributed by atoms with E-state index in [1.165, 1.54) is 0 Å². The Balaban J connectivity index is 1.48. The summed E-state index contributed by atoms with van der Waals surface area (Å²) < 4.78 is 1.84. The minimum absolute atomic E-state index is 0.227. The van der Waals surface area contributed by atoms with Crippen LogP contribution in [0.3, 0.4) is 0 Å². The van der Waals surface area contributed by atoms with Crippen LogP contribution in [0, 0.1) is 11.3 Å². The Kier molecular flexibility index (Phi) is 4.86. The second-order valence-corrected chi connectivity index (χ2v) is 7.44. The van der Waals surface area contributed by atoms with Crippen molar-refractivity contribution in [1.82, 2.24) is 24.9 Å². The molecule has 1 fully saturated rings. The van der Waals surface area contributed by atoms with Crippen molar-refractivity contribution in [3.8, 4) is 6.07 Å². The van der Waals surface area contributed by atoms with Crippen molar-refractivity contribution in [2.75, 3.05) is 18.0 Å². The second-order valence-electron chi connectivity index (χ2n) is 7.44. The highest BCUT2D eigenvalue weighted by molar-refractivity contribution is 5.99. The van der Waals surface area contributed by atoms with Gasteiger partial charge in [-0.2, -0.15) is 5.26 Å². The summed E-state index contributed by atoms with van der Waals surface area (Å²) in [5, 5.41) is 29.9. The number of imidazole rings is 1. The Morgan fingerprint density at radius 1 is 1.28 bits per heavy atom. The maximum atomic E-state index is 12.8. The zero-order valence-corrected chi connectivity index (χ0v) is 16.1. The smallest absolute Gasteiger partial charge is 0.272 e. The number of aliphatic hydroxyl groups is 1. The van der Waals surface area contributed by atoms with E-state index in [1.54, 1.807) is 18.5 Å². The number of amides is 1. The molecule has 0 aromatic carbocycles. The zero-order chi connectivity index (χ0) is 20.5. The average molecular weight is 391 g/mol. The Bertz CT molecular complexity index is 1080. The molecule has 1 aliphatic rings. The van der Waals surface area contributed by atoms with Gasteiger partial charge in [-0.3, -0.25) is 4.79 Å². The first-order valence-electron chi connectivity index (χ1n) is 9.40. The molecule has 2 N–H and O–H groups in total. The molecule has 9 nitrogen and oxygen atoms in total. The summed E-state index contributed by atoms with van der Waals surface area (Å²) in [6.07, 6.45) is 2.84. The number of hydrogen-bond acceptors (Lipinski definition) is 7. The number of pyridine rings is 1. The molecular formula is C20H21N7O2. The van der Waals surface area contributed by atoms with E-state index >= 15 is 0 Å². The number of β-amino-alcohol motifs (C(OH)–C–C–N with tert-alkyl or cyclic N) is 1. The van der Waals surface area contributed by atoms with E-state index in [1.807, 2.05) is 33.7 Å². The molecule has 1 aliphatic heterocycles. The Morgan fingerprint density at radius 3 is 2.79 bits per heavy atom. The third-order valence-corrected chi connectivity index (χ3v) is 5.13. The normalized spacial score (nSPS) is 18.9. The lowest BCUT2D eigenvalue weighted by Gasteiger charge is -2.16. The highest BCUT2D eigenvalue weighted by atomic mass is 16.3. The van der Waals surface area contributed by atoms with Gasteiger partial charge in [0.15, 0.2) is 17.2 Å². The van der Waals surface area contributed by atoms with Crippen molar-refractivity contribution in [3.05, 3.63) is 53.7 Å². The van der Waals surface area contributed by atoms with E-state index in [2.05, 4.69) is 34.3 Å². The minimum Gasteiger partial charge on any atom is -0.389 e. The molecule has 4 heterocycles. The number of fused-ring (bicyclic) bond motifs is 1. The van der Waals surface area contributed by atoms with Gasteiger partial charge in [0.05, 0.1) is 17.7 Å². The van der Waals surface area contributed by atoms with Crippen LogP contribution in [0.25, 0.3) is 5.52 Å². The number of nitriles is 1. The Hall–Kier alpha value is -3.51. The number of carbonyl (C=O) groups is 1. The van der Waals surface area contributed by atoms with Crippen LogP contribution in [0.2, 0.25) is 0 Å². The van der Waals surface area contributed by atoms with Crippen LogP contribution >= 0.6 is 0 Å². The van der Waals surface area contributed by atoms with Crippen molar-refractivity contribution < 1.29 is 9.90 Å². The molecule has 0 radical (unpaired) electrons. The first kappa shape index (κ1) is 18.8. The summed E-state index contributed by atoms with van der Waals surface area (Å²) in [7, 11) is 0. The van der Waals surface area contributed by atoms with Crippen LogP contribution in [0.4, 0.5) is 5.82 Å². The topological polar surface area (TPSA) is 119 Å². The highest BCUT2D eigenvalue weighted by Gasteiger charge is 2.34. The van der Waals surface area contributed by atoms with E-state index in [-0.39, 0.29) is 11.6 Å². The van der Waals surface area contributed by atoms with Crippen LogP contribution in [0.5, 0.6) is 0 Å². The van der Waals surface area contributed by atoms with E-state index in [9.17, 15) is 9.90 Å². The number of hydrogen-bond donors (Lipinski definition) is 2. The van der Waals surface area contributed by atoms with E-state index in [0.717, 1.165) is 5.56 Å². The van der Waals surface area contributed by atoms with Crippen LogP contribution in [-0.4, -0.2) is 55.8 Å². The number of anilines is 1. The SMILES string of the molecule is CC(C)c1ccc2c(C(=O)N[C@H]3CN(c4ccc(C#N)nn4)C[C@@H]3O)ncn2c1. The summed E-state index contributed by atoms with van der Waals surface area (Å²) in [5.41, 5.74) is 2.43. The van der Waals surface area contributed by atoms with Crippen molar-refractivity contribution in [2.24, 2.45) is 0 Å². The molecule has 0 aliphatic carbocycles. The standard InChI is InChI=1S/C20H21N7O2/c1-12(2)13-3-5-16-19(22-11-27(16)8-13)20(29)23-15-9-26(10-17(15)28)18-6-4-14(7-21)24-25-18/h3-6,8,11-12,15,17,28H,9-10H2,1-2H3,(H,23,29)/t15-,17-/m0/s1. The Labute approximate surface area is 167 Å². The fourth-order valence-corrected chi connectivity index (χ4v) is 3.44. The van der Waals surface area contributed by atoms with Gasteiger partial charge in [-0.15, -0.1) is 10.2 Å². The van der Waals surface area contributed by atoms with Crippen LogP contribution in [0.15, 0.2) is 36.8 Å². The van der Waals surface area contributed by atoms with Crippen LogP contribution in [-0.2, 0) is 0 Å². The molecule has 0 spiro atoms. The van der Waals surface area contributed by atoms with Gasteiger partial charge in [-0.25, -0.2) is 4.98 Å². The lowest BCUT2D eigenvalue weighted by molar-refractivity contribution is 0.0886. The molecule has 1 saturated heterocycles. The predicted molar refractivity (Wildman–Crippen MR) is 106 cm³/mol. The minimum atomic E-state index is -0.752. The predicted octanol–water partition coefficient (Wildman–Crippen LogP) is 1.10. The van der Waals surface area contributed by atoms with Crippen molar-refractivity contribution in [3.63, 3.8) is 0 Å². The van der Waals surface area contributed by atoms with Crippen molar-refractivity contribution in [1.29, 1.82) is 5.26 Å². The van der Waals surface area contributed by atoms with Crippen LogP contribution < -0.4 is 10.2 Å². The van der Waals surface area contributed by atoms with Crippen molar-refractivity contribution >= 4 is 17.2 Å². The molecular weight excluding hydrogens is 370 g/mol. The van der Waals surface area contributed by atoms with Gasteiger partial charge in [-0.1, -0.05) is 19.9 Å². The third kappa shape index (κ3) is 3.62. The van der Waals surface area contributed by atoms with E-state index in [4.69, 9.17) is 5.26 Å². The summed E-state index contributed by atoms with van der Waals surface area (Å²) in [6, 6.07) is 8.59. The third-order valence-electron chi connectivity index (χ3n) is 5.13. The van der Waals surface area contributed by atoms with Gasteiger partial charge in [0.2, 0.25) is 0 Å². The van der Waals surface area contributed by atoms with Gasteiger partial charge in [0.25, 0.3) is 5.91 Å². The summed E-state index contributed by atoms with van der Waals surface area (Å²) in [6.45, 7) is 4.92. The molecule has 148 valence electrons. The van der Waals surface area contributed by atoms with Gasteiger partial charge in [0, 0.05) is 19.3 Å². The lowest BCUT2D eigenvalue weighted by atomic mass is 10.1. The fraction of sp³-hybridized carbons (Fsp3) is 0.350. The molecule has 2 atom stereocenters. The first-order valence-corrected chi connectivity index (χ1v) is 9.40. The summed E-state index contributed by atoms with van der Waals surface area (Å²) >= 11 is 0. The molecule has 3 aromatic rings. The highest BCUT2D eigenvalue weighted by Crippen LogP contribution is 2.20. The van der Waals surface area contributed by atoms with Crippen LogP contribution in [0.1, 0.15) is 41.5 Å². The van der Waals surface area contributed by atoms with Crippen molar-refractivity contribution in [2.45, 2.75) is 31.9 Å². The number of aromatic nitrogens is 4. The first-order chi connectivity index (χ1) is 14.0. The maximum absolute atomic E-state index is 12.8. The average Bonchev–Trinajstić information content (AvgIpc) is 3.31. The molecule has 0 saturated carbocycles. The summed E-state index contributed by atoms with van der Waals surface area (Å²) in [4.78, 5) is 18.9. The molecule has 4 rings (SSSR count). The lowest BCUT2D eigenvalue weighted by Crippen LogP contribution is -2.43. The molecule has 0 bridgehead atoms. The number of nitrogens with zero attached hydrogens (tertiary/aromatic N) is 6. The number of carbonyl (C=O) groups excluding carboxylic acids is 1. The summed E-state index contributed by atoms with van der Waals surface area (Å²) in [5.74, 6) is 0.596. The molecule has 1 amide bonds. The number of aliphatic hydroxyl groups excluding tert-OH is 1.